The molecule has 7 heteroatoms. The Balaban J connectivity index is 1.48. The number of carbonyl (C=O) groups is 1. The molecule has 29 heavy (non-hydrogen) atoms. The fraction of sp³-hybridized carbons (Fsp3) is 0.409. The molecule has 0 saturated carbocycles. The number of aryl methyl sites for hydroxylation is 1. The van der Waals surface area contributed by atoms with Gasteiger partial charge in [-0.15, -0.1) is 0 Å². The molecule has 2 aromatic carbocycles. The zero-order chi connectivity index (χ0) is 20.4. The number of anilines is 3. The van der Waals surface area contributed by atoms with Crippen molar-refractivity contribution in [2.45, 2.75) is 32.6 Å². The molecular formula is C22H27N3O3S. The molecule has 6 nitrogen and oxygen atoms in total. The molecule has 0 bridgehead atoms. The second-order valence-electron chi connectivity index (χ2n) is 7.79. The number of nitrogens with one attached hydrogen (secondary N) is 1. The molecule has 2 aliphatic rings. The molecule has 0 aliphatic carbocycles. The zero-order valence-electron chi connectivity index (χ0n) is 16.7. The van der Waals surface area contributed by atoms with E-state index < -0.39 is 10.0 Å². The van der Waals surface area contributed by atoms with Crippen LogP contribution >= 0.6 is 0 Å². The first kappa shape index (κ1) is 19.8. The molecule has 2 aromatic rings. The third-order valence-corrected chi connectivity index (χ3v) is 7.55. The predicted octanol–water partition coefficient (Wildman–Crippen LogP) is 3.78. The number of sulfonamides is 1. The number of carbonyl (C=O) groups excluding carboxylic acids is 1. The van der Waals surface area contributed by atoms with E-state index in [4.69, 9.17) is 0 Å². The van der Waals surface area contributed by atoms with Crippen molar-refractivity contribution >= 4 is 33.0 Å². The summed E-state index contributed by atoms with van der Waals surface area (Å²) < 4.78 is 25.5. The van der Waals surface area contributed by atoms with Crippen molar-refractivity contribution in [3.8, 4) is 0 Å². The van der Waals surface area contributed by atoms with Crippen molar-refractivity contribution < 1.29 is 13.2 Å². The largest absolute Gasteiger partial charge is 0.371 e. The first-order valence-corrected chi connectivity index (χ1v) is 11.8. The van der Waals surface area contributed by atoms with E-state index in [0.29, 0.717) is 29.9 Å². The van der Waals surface area contributed by atoms with Gasteiger partial charge < -0.3 is 10.2 Å². The summed E-state index contributed by atoms with van der Waals surface area (Å²) in [5.41, 5.74) is 4.23. The first-order chi connectivity index (χ1) is 13.9. The number of rotatable bonds is 4. The third kappa shape index (κ3) is 4.24. The highest BCUT2D eigenvalue weighted by Crippen LogP contribution is 2.27. The van der Waals surface area contributed by atoms with Gasteiger partial charge in [0, 0.05) is 36.6 Å². The van der Waals surface area contributed by atoms with Crippen LogP contribution in [-0.2, 0) is 10.0 Å². The number of piperidine rings is 1. The van der Waals surface area contributed by atoms with Gasteiger partial charge in [-0.1, -0.05) is 6.07 Å². The van der Waals surface area contributed by atoms with Gasteiger partial charge in [-0.05, 0) is 74.6 Å². The fourth-order valence-corrected chi connectivity index (χ4v) is 5.63. The molecule has 0 spiro atoms. The number of amides is 1. The average Bonchev–Trinajstić information content (AvgIpc) is 3.08. The summed E-state index contributed by atoms with van der Waals surface area (Å²) in [5, 5.41) is 2.92. The molecule has 2 saturated heterocycles. The summed E-state index contributed by atoms with van der Waals surface area (Å²) in [6.07, 6.45) is 4.29. The van der Waals surface area contributed by atoms with Crippen LogP contribution in [0.5, 0.6) is 0 Å². The summed E-state index contributed by atoms with van der Waals surface area (Å²) in [6.45, 7) is 4.66. The van der Waals surface area contributed by atoms with E-state index in [2.05, 4.69) is 17.1 Å². The molecular weight excluding hydrogens is 386 g/mol. The fourth-order valence-electron chi connectivity index (χ4n) is 4.07. The van der Waals surface area contributed by atoms with Gasteiger partial charge >= 0.3 is 0 Å². The highest BCUT2D eigenvalue weighted by atomic mass is 32.2. The molecule has 2 heterocycles. The normalized spacial score (nSPS) is 18.7. The lowest BCUT2D eigenvalue weighted by Crippen LogP contribution is -2.30. The van der Waals surface area contributed by atoms with Crippen LogP contribution in [0.3, 0.4) is 0 Å². The average molecular weight is 414 g/mol. The van der Waals surface area contributed by atoms with Gasteiger partial charge in [0.25, 0.3) is 5.91 Å². The first-order valence-electron chi connectivity index (χ1n) is 10.2. The molecule has 1 amide bonds. The Hall–Kier alpha value is -2.54. The van der Waals surface area contributed by atoms with E-state index in [9.17, 15) is 13.2 Å². The van der Waals surface area contributed by atoms with Gasteiger partial charge in [-0.3, -0.25) is 9.10 Å². The maximum Gasteiger partial charge on any atom is 0.255 e. The SMILES string of the molecule is Cc1ccc(C(=O)Nc2ccc(N3CCCS3(=O)=O)cc2)cc1N1CCCCC1. The van der Waals surface area contributed by atoms with Crippen LogP contribution in [0.15, 0.2) is 42.5 Å². The monoisotopic (exact) mass is 413 g/mol. The lowest BCUT2D eigenvalue weighted by atomic mass is 10.0. The summed E-state index contributed by atoms with van der Waals surface area (Å²) >= 11 is 0. The summed E-state index contributed by atoms with van der Waals surface area (Å²) in [6, 6.07) is 12.8. The van der Waals surface area contributed by atoms with Crippen molar-refractivity contribution in [2.24, 2.45) is 0 Å². The molecule has 0 atom stereocenters. The minimum Gasteiger partial charge on any atom is -0.371 e. The third-order valence-electron chi connectivity index (χ3n) is 5.68. The maximum atomic E-state index is 12.8. The van der Waals surface area contributed by atoms with Gasteiger partial charge in [-0.25, -0.2) is 8.42 Å². The molecule has 0 radical (unpaired) electrons. The van der Waals surface area contributed by atoms with Crippen LogP contribution < -0.4 is 14.5 Å². The van der Waals surface area contributed by atoms with Gasteiger partial charge in [0.2, 0.25) is 10.0 Å². The molecule has 2 fully saturated rings. The van der Waals surface area contributed by atoms with Gasteiger partial charge in [-0.2, -0.15) is 0 Å². The van der Waals surface area contributed by atoms with Crippen LogP contribution in [0, 0.1) is 6.92 Å². The second kappa shape index (κ2) is 8.06. The van der Waals surface area contributed by atoms with Crippen molar-refractivity contribution in [1.82, 2.24) is 0 Å². The number of nitrogens with zero attached hydrogens (tertiary/aromatic N) is 2. The number of hydrogen-bond donors (Lipinski definition) is 1. The summed E-state index contributed by atoms with van der Waals surface area (Å²) in [4.78, 5) is 15.1. The van der Waals surface area contributed by atoms with Crippen LogP contribution in [0.4, 0.5) is 17.1 Å². The smallest absolute Gasteiger partial charge is 0.255 e. The van der Waals surface area contributed by atoms with Crippen LogP contribution in [0.2, 0.25) is 0 Å². The molecule has 0 aromatic heterocycles. The van der Waals surface area contributed by atoms with E-state index in [0.717, 1.165) is 18.8 Å². The molecule has 1 N–H and O–H groups in total. The summed E-state index contributed by atoms with van der Waals surface area (Å²) in [7, 11) is -3.20. The lowest BCUT2D eigenvalue weighted by Gasteiger charge is -2.30. The quantitative estimate of drug-likeness (QED) is 0.828. The Morgan fingerprint density at radius 1 is 0.931 bits per heavy atom. The van der Waals surface area contributed by atoms with Crippen LogP contribution in [0.25, 0.3) is 0 Å². The van der Waals surface area contributed by atoms with Crippen molar-refractivity contribution in [1.29, 1.82) is 0 Å². The van der Waals surface area contributed by atoms with Gasteiger partial charge in [0.05, 0.1) is 11.4 Å². The standard InChI is InChI=1S/C22H27N3O3S/c1-17-6-7-18(16-21(17)24-12-3-2-4-13-24)22(26)23-19-8-10-20(11-9-19)25-14-5-15-29(25,27)28/h6-11,16H,2-5,12-15H2,1H3,(H,23,26). The maximum absolute atomic E-state index is 12.8. The molecule has 0 unspecified atom stereocenters. The van der Waals surface area contributed by atoms with Crippen LogP contribution in [-0.4, -0.2) is 39.7 Å². The van der Waals surface area contributed by atoms with E-state index >= 15 is 0 Å². The molecule has 154 valence electrons. The molecule has 4 rings (SSSR count). The van der Waals surface area contributed by atoms with E-state index in [-0.39, 0.29) is 11.7 Å². The van der Waals surface area contributed by atoms with Gasteiger partial charge in [0.1, 0.15) is 0 Å². The molecule has 2 aliphatic heterocycles. The predicted molar refractivity (Wildman–Crippen MR) is 117 cm³/mol. The summed E-state index contributed by atoms with van der Waals surface area (Å²) in [5.74, 6) is 0.0305. The van der Waals surface area contributed by atoms with Crippen LogP contribution in [0.1, 0.15) is 41.6 Å². The second-order valence-corrected chi connectivity index (χ2v) is 9.80. The van der Waals surface area contributed by atoms with Crippen molar-refractivity contribution in [2.75, 3.05) is 39.9 Å². The Labute approximate surface area is 172 Å². The Kier molecular flexibility index (Phi) is 5.50. The highest BCUT2D eigenvalue weighted by Gasteiger charge is 2.28. The highest BCUT2D eigenvalue weighted by molar-refractivity contribution is 7.93. The minimum absolute atomic E-state index is 0.162. The van der Waals surface area contributed by atoms with E-state index in [1.165, 1.54) is 29.1 Å². The topological polar surface area (TPSA) is 69.7 Å². The van der Waals surface area contributed by atoms with Crippen molar-refractivity contribution in [3.63, 3.8) is 0 Å². The Morgan fingerprint density at radius 2 is 1.66 bits per heavy atom. The van der Waals surface area contributed by atoms with E-state index in [1.54, 1.807) is 24.3 Å². The van der Waals surface area contributed by atoms with E-state index in [1.807, 2.05) is 18.2 Å². The minimum atomic E-state index is -3.20. The van der Waals surface area contributed by atoms with Crippen molar-refractivity contribution in [3.05, 3.63) is 53.6 Å². The zero-order valence-corrected chi connectivity index (χ0v) is 17.5. The number of hydrogen-bond acceptors (Lipinski definition) is 4. The Morgan fingerprint density at radius 3 is 2.31 bits per heavy atom. The van der Waals surface area contributed by atoms with Gasteiger partial charge in [0.15, 0.2) is 0 Å². The number of benzene rings is 2. The lowest BCUT2D eigenvalue weighted by molar-refractivity contribution is 0.102. The Bertz CT molecular complexity index is 996.